The summed E-state index contributed by atoms with van der Waals surface area (Å²) < 4.78 is 5.32. The van der Waals surface area contributed by atoms with Crippen molar-refractivity contribution in [2.75, 3.05) is 13.1 Å². The van der Waals surface area contributed by atoms with Crippen LogP contribution < -0.4 is 5.32 Å². The zero-order chi connectivity index (χ0) is 20.9. The number of nitrogens with zero attached hydrogens (tertiary/aromatic N) is 3. The number of benzene rings is 2. The highest BCUT2D eigenvalue weighted by atomic mass is 16.5. The van der Waals surface area contributed by atoms with Crippen molar-refractivity contribution in [2.24, 2.45) is 5.92 Å². The SMILES string of the molecule is Cc1cccc(CN2CCC(C(=O)NCc3nc(-c4ccccc4C)no3)CC2)c1. The van der Waals surface area contributed by atoms with E-state index in [-0.39, 0.29) is 18.4 Å². The molecule has 1 aliphatic rings. The summed E-state index contributed by atoms with van der Waals surface area (Å²) in [4.78, 5) is 19.4. The quantitative estimate of drug-likeness (QED) is 0.675. The van der Waals surface area contributed by atoms with Gasteiger partial charge in [-0.05, 0) is 50.9 Å². The zero-order valence-electron chi connectivity index (χ0n) is 17.6. The lowest BCUT2D eigenvalue weighted by molar-refractivity contribution is -0.126. The molecule has 0 unspecified atom stereocenters. The van der Waals surface area contributed by atoms with E-state index in [1.165, 1.54) is 11.1 Å². The van der Waals surface area contributed by atoms with Crippen LogP contribution in [0.4, 0.5) is 0 Å². The Kier molecular flexibility index (Phi) is 6.23. The first kappa shape index (κ1) is 20.3. The van der Waals surface area contributed by atoms with E-state index in [9.17, 15) is 4.79 Å². The normalized spacial score (nSPS) is 15.3. The molecule has 30 heavy (non-hydrogen) atoms. The van der Waals surface area contributed by atoms with Crippen molar-refractivity contribution in [3.8, 4) is 11.4 Å². The Balaban J connectivity index is 1.25. The van der Waals surface area contributed by atoms with Crippen LogP contribution in [0.1, 0.15) is 35.4 Å². The molecule has 1 aliphatic heterocycles. The number of carbonyl (C=O) groups is 1. The van der Waals surface area contributed by atoms with Gasteiger partial charge >= 0.3 is 0 Å². The Morgan fingerprint density at radius 3 is 2.70 bits per heavy atom. The summed E-state index contributed by atoms with van der Waals surface area (Å²) >= 11 is 0. The van der Waals surface area contributed by atoms with Gasteiger partial charge in [-0.15, -0.1) is 0 Å². The van der Waals surface area contributed by atoms with Crippen molar-refractivity contribution >= 4 is 5.91 Å². The van der Waals surface area contributed by atoms with E-state index in [1.807, 2.05) is 31.2 Å². The van der Waals surface area contributed by atoms with Crippen LogP contribution in [0.5, 0.6) is 0 Å². The number of hydrogen-bond acceptors (Lipinski definition) is 5. The van der Waals surface area contributed by atoms with Crippen molar-refractivity contribution in [3.63, 3.8) is 0 Å². The molecule has 4 rings (SSSR count). The predicted molar refractivity (Wildman–Crippen MR) is 115 cm³/mol. The molecule has 1 fully saturated rings. The maximum Gasteiger partial charge on any atom is 0.246 e. The number of aryl methyl sites for hydroxylation is 2. The van der Waals surface area contributed by atoms with Crippen molar-refractivity contribution < 1.29 is 9.32 Å². The predicted octanol–water partition coefficient (Wildman–Crippen LogP) is 3.88. The van der Waals surface area contributed by atoms with Crippen LogP contribution in [0, 0.1) is 19.8 Å². The largest absolute Gasteiger partial charge is 0.347 e. The number of hydrogen-bond donors (Lipinski definition) is 1. The second-order valence-corrected chi connectivity index (χ2v) is 8.08. The molecule has 0 saturated carbocycles. The fraction of sp³-hybridized carbons (Fsp3) is 0.375. The molecule has 1 amide bonds. The number of piperidine rings is 1. The molecule has 1 N–H and O–H groups in total. The third-order valence-electron chi connectivity index (χ3n) is 5.71. The van der Waals surface area contributed by atoms with Gasteiger partial charge in [0.15, 0.2) is 0 Å². The van der Waals surface area contributed by atoms with Gasteiger partial charge in [0.05, 0.1) is 6.54 Å². The van der Waals surface area contributed by atoms with Gasteiger partial charge < -0.3 is 9.84 Å². The van der Waals surface area contributed by atoms with Gasteiger partial charge in [-0.25, -0.2) is 0 Å². The molecule has 0 bridgehead atoms. The van der Waals surface area contributed by atoms with Crippen LogP contribution in [0.15, 0.2) is 53.1 Å². The van der Waals surface area contributed by atoms with E-state index in [4.69, 9.17) is 4.52 Å². The maximum atomic E-state index is 12.6. The van der Waals surface area contributed by atoms with E-state index in [0.717, 1.165) is 43.6 Å². The monoisotopic (exact) mass is 404 g/mol. The molecular formula is C24H28N4O2. The van der Waals surface area contributed by atoms with Crippen molar-refractivity contribution in [1.29, 1.82) is 0 Å². The minimum atomic E-state index is 0.0394. The standard InChI is InChI=1S/C24H28N4O2/c1-17-6-5-8-19(14-17)16-28-12-10-20(11-13-28)24(29)25-15-22-26-23(27-30-22)21-9-4-3-7-18(21)2/h3-9,14,20H,10-13,15-16H2,1-2H3,(H,25,29). The molecule has 2 heterocycles. The molecular weight excluding hydrogens is 376 g/mol. The first-order valence-electron chi connectivity index (χ1n) is 10.5. The average Bonchev–Trinajstić information content (AvgIpc) is 3.22. The summed E-state index contributed by atoms with van der Waals surface area (Å²) in [6.45, 7) is 7.21. The molecule has 2 aromatic carbocycles. The highest BCUT2D eigenvalue weighted by Gasteiger charge is 2.25. The van der Waals surface area contributed by atoms with Crippen molar-refractivity contribution in [2.45, 2.75) is 39.8 Å². The Labute approximate surface area is 177 Å². The average molecular weight is 405 g/mol. The summed E-state index contributed by atoms with van der Waals surface area (Å²) in [5, 5.41) is 7.02. The Morgan fingerprint density at radius 2 is 1.93 bits per heavy atom. The molecule has 3 aromatic rings. The minimum absolute atomic E-state index is 0.0394. The molecule has 0 spiro atoms. The Hall–Kier alpha value is -2.99. The van der Waals surface area contributed by atoms with Crippen LogP contribution in [0.2, 0.25) is 0 Å². The van der Waals surface area contributed by atoms with Gasteiger partial charge in [0.25, 0.3) is 0 Å². The zero-order valence-corrected chi connectivity index (χ0v) is 17.6. The van der Waals surface area contributed by atoms with E-state index in [2.05, 4.69) is 51.5 Å². The molecule has 1 aromatic heterocycles. The highest BCUT2D eigenvalue weighted by molar-refractivity contribution is 5.78. The van der Waals surface area contributed by atoms with Crippen molar-refractivity contribution in [1.82, 2.24) is 20.4 Å². The molecule has 0 atom stereocenters. The maximum absolute atomic E-state index is 12.6. The third-order valence-corrected chi connectivity index (χ3v) is 5.71. The van der Waals surface area contributed by atoms with Crippen LogP contribution in [-0.2, 0) is 17.9 Å². The molecule has 6 nitrogen and oxygen atoms in total. The highest BCUT2D eigenvalue weighted by Crippen LogP contribution is 2.21. The lowest BCUT2D eigenvalue weighted by Gasteiger charge is -2.31. The van der Waals surface area contributed by atoms with E-state index < -0.39 is 0 Å². The number of carbonyl (C=O) groups excluding carboxylic acids is 1. The van der Waals surface area contributed by atoms with Gasteiger partial charge in [0.2, 0.25) is 17.6 Å². The van der Waals surface area contributed by atoms with Crippen molar-refractivity contribution in [3.05, 3.63) is 71.1 Å². The Bertz CT molecular complexity index is 1010. The summed E-state index contributed by atoms with van der Waals surface area (Å²) in [5.74, 6) is 1.10. The van der Waals surface area contributed by atoms with Gasteiger partial charge in [-0.1, -0.05) is 59.3 Å². The number of amides is 1. The molecule has 0 aliphatic carbocycles. The van der Waals surface area contributed by atoms with Gasteiger partial charge in [-0.3, -0.25) is 9.69 Å². The first-order valence-corrected chi connectivity index (χ1v) is 10.5. The second-order valence-electron chi connectivity index (χ2n) is 8.08. The number of likely N-dealkylation sites (tertiary alicyclic amines) is 1. The van der Waals surface area contributed by atoms with Crippen LogP contribution in [0.3, 0.4) is 0 Å². The van der Waals surface area contributed by atoms with E-state index in [1.54, 1.807) is 0 Å². The minimum Gasteiger partial charge on any atom is -0.347 e. The number of aromatic nitrogens is 2. The van der Waals surface area contributed by atoms with Crippen LogP contribution in [0.25, 0.3) is 11.4 Å². The van der Waals surface area contributed by atoms with Gasteiger partial charge in [-0.2, -0.15) is 4.98 Å². The summed E-state index contributed by atoms with van der Waals surface area (Å²) in [5.41, 5.74) is 4.65. The van der Waals surface area contributed by atoms with Crippen LogP contribution in [-0.4, -0.2) is 34.0 Å². The number of nitrogens with one attached hydrogen (secondary N) is 1. The number of rotatable bonds is 6. The topological polar surface area (TPSA) is 71.3 Å². The fourth-order valence-electron chi connectivity index (χ4n) is 3.99. The fourth-order valence-corrected chi connectivity index (χ4v) is 3.99. The lowest BCUT2D eigenvalue weighted by Crippen LogP contribution is -2.40. The summed E-state index contributed by atoms with van der Waals surface area (Å²) in [7, 11) is 0. The second kappa shape index (κ2) is 9.22. The summed E-state index contributed by atoms with van der Waals surface area (Å²) in [6, 6.07) is 16.5. The van der Waals surface area contributed by atoms with Crippen LogP contribution >= 0.6 is 0 Å². The van der Waals surface area contributed by atoms with Gasteiger partial charge in [0.1, 0.15) is 0 Å². The molecule has 0 radical (unpaired) electrons. The first-order chi connectivity index (χ1) is 14.6. The van der Waals surface area contributed by atoms with E-state index >= 15 is 0 Å². The van der Waals surface area contributed by atoms with E-state index in [0.29, 0.717) is 11.7 Å². The molecule has 156 valence electrons. The van der Waals surface area contributed by atoms with Gasteiger partial charge in [0, 0.05) is 18.0 Å². The molecule has 1 saturated heterocycles. The lowest BCUT2D eigenvalue weighted by atomic mass is 9.95. The third kappa shape index (κ3) is 4.94. The summed E-state index contributed by atoms with van der Waals surface area (Å²) in [6.07, 6.45) is 1.74. The molecule has 6 heteroatoms. The Morgan fingerprint density at radius 1 is 1.13 bits per heavy atom. The smallest absolute Gasteiger partial charge is 0.246 e.